The first-order valence-corrected chi connectivity index (χ1v) is 7.09. The smallest absolute Gasteiger partial charge is 0.129 e. The molecular weight excluding hydrogens is 295 g/mol. The average Bonchev–Trinajstić information content (AvgIpc) is 2.46. The van der Waals surface area contributed by atoms with E-state index < -0.39 is 6.10 Å². The zero-order valence-electron chi connectivity index (χ0n) is 11.1. The van der Waals surface area contributed by atoms with Crippen molar-refractivity contribution in [2.75, 3.05) is 0 Å². The Bertz CT molecular complexity index is 543. The third-order valence-corrected chi connectivity index (χ3v) is 3.58. The third kappa shape index (κ3) is 4.18. The predicted octanol–water partition coefficient (Wildman–Crippen LogP) is 3.60. The molecule has 0 saturated carbocycles. The molecule has 2 atom stereocenters. The third-order valence-electron chi connectivity index (χ3n) is 3.10. The van der Waals surface area contributed by atoms with Crippen LogP contribution in [0.4, 0.5) is 0 Å². The van der Waals surface area contributed by atoms with Crippen LogP contribution >= 0.6 is 23.2 Å². The number of benzene rings is 1. The molecule has 0 saturated heterocycles. The molecule has 0 spiro atoms. The van der Waals surface area contributed by atoms with Gasteiger partial charge in [-0.1, -0.05) is 41.4 Å². The van der Waals surface area contributed by atoms with Crippen LogP contribution in [0.5, 0.6) is 0 Å². The van der Waals surface area contributed by atoms with Gasteiger partial charge < -0.3 is 10.4 Å². The van der Waals surface area contributed by atoms with E-state index in [2.05, 4.69) is 10.3 Å². The molecule has 2 aromatic rings. The van der Waals surface area contributed by atoms with E-state index in [1.54, 1.807) is 24.4 Å². The number of hydrogen-bond acceptors (Lipinski definition) is 3. The Morgan fingerprint density at radius 2 is 1.85 bits per heavy atom. The van der Waals surface area contributed by atoms with Gasteiger partial charge in [-0.25, -0.2) is 4.98 Å². The second-order valence-electron chi connectivity index (χ2n) is 4.66. The highest BCUT2D eigenvalue weighted by Crippen LogP contribution is 2.19. The van der Waals surface area contributed by atoms with Crippen molar-refractivity contribution in [3.63, 3.8) is 0 Å². The van der Waals surface area contributed by atoms with Crippen molar-refractivity contribution in [2.45, 2.75) is 25.6 Å². The lowest BCUT2D eigenvalue weighted by Gasteiger charge is -2.20. The largest absolute Gasteiger partial charge is 0.387 e. The first-order chi connectivity index (χ1) is 9.56. The van der Waals surface area contributed by atoms with Gasteiger partial charge in [0.15, 0.2) is 0 Å². The van der Waals surface area contributed by atoms with Gasteiger partial charge >= 0.3 is 0 Å². The molecule has 0 amide bonds. The molecule has 0 fully saturated rings. The highest BCUT2D eigenvalue weighted by atomic mass is 35.5. The molecular formula is C15H16Cl2N2O. The summed E-state index contributed by atoms with van der Waals surface area (Å²) >= 11 is 11.6. The van der Waals surface area contributed by atoms with Crippen molar-refractivity contribution in [1.29, 1.82) is 0 Å². The molecule has 2 rings (SSSR count). The van der Waals surface area contributed by atoms with Crippen LogP contribution in [0.25, 0.3) is 0 Å². The van der Waals surface area contributed by atoms with Crippen LogP contribution in [0.15, 0.2) is 42.6 Å². The summed E-state index contributed by atoms with van der Waals surface area (Å²) in [6, 6.07) is 10.8. The van der Waals surface area contributed by atoms with Gasteiger partial charge in [-0.2, -0.15) is 0 Å². The van der Waals surface area contributed by atoms with E-state index in [-0.39, 0.29) is 6.04 Å². The number of rotatable bonds is 5. The quantitative estimate of drug-likeness (QED) is 0.829. The SMILES string of the molecule is CC(NCc1ccc(Cl)nc1)C(O)c1ccc(Cl)cc1. The molecule has 3 nitrogen and oxygen atoms in total. The number of pyridine rings is 1. The van der Waals surface area contributed by atoms with E-state index in [1.807, 2.05) is 25.1 Å². The van der Waals surface area contributed by atoms with Crippen molar-refractivity contribution < 1.29 is 5.11 Å². The highest BCUT2D eigenvalue weighted by molar-refractivity contribution is 6.30. The molecule has 1 aromatic heterocycles. The number of halogens is 2. The zero-order valence-corrected chi connectivity index (χ0v) is 12.6. The number of nitrogens with zero attached hydrogens (tertiary/aromatic N) is 1. The first-order valence-electron chi connectivity index (χ1n) is 6.33. The van der Waals surface area contributed by atoms with Gasteiger partial charge in [-0.15, -0.1) is 0 Å². The molecule has 2 N–H and O–H groups in total. The summed E-state index contributed by atoms with van der Waals surface area (Å²) < 4.78 is 0. The van der Waals surface area contributed by atoms with E-state index in [9.17, 15) is 5.11 Å². The van der Waals surface area contributed by atoms with Crippen LogP contribution in [0.3, 0.4) is 0 Å². The minimum absolute atomic E-state index is 0.0909. The Morgan fingerprint density at radius 1 is 1.15 bits per heavy atom. The summed E-state index contributed by atoms with van der Waals surface area (Å²) in [7, 11) is 0. The van der Waals surface area contributed by atoms with Crippen LogP contribution < -0.4 is 5.32 Å². The summed E-state index contributed by atoms with van der Waals surface area (Å²) in [5.74, 6) is 0. The Hall–Kier alpha value is -1.13. The van der Waals surface area contributed by atoms with Crippen LogP contribution in [-0.4, -0.2) is 16.1 Å². The number of hydrogen-bond donors (Lipinski definition) is 2. The Kier molecular flexibility index (Phi) is 5.38. The van der Waals surface area contributed by atoms with Crippen molar-refractivity contribution >= 4 is 23.2 Å². The maximum Gasteiger partial charge on any atom is 0.129 e. The molecule has 2 unspecified atom stereocenters. The zero-order chi connectivity index (χ0) is 14.5. The molecule has 0 aliphatic rings. The lowest BCUT2D eigenvalue weighted by atomic mass is 10.0. The normalized spacial score (nSPS) is 14.0. The number of aliphatic hydroxyl groups is 1. The van der Waals surface area contributed by atoms with Gasteiger partial charge in [-0.05, 0) is 36.2 Å². The van der Waals surface area contributed by atoms with Gasteiger partial charge in [0, 0.05) is 23.8 Å². The molecule has 20 heavy (non-hydrogen) atoms. The summed E-state index contributed by atoms with van der Waals surface area (Å²) in [6.45, 7) is 2.55. The topological polar surface area (TPSA) is 45.2 Å². The van der Waals surface area contributed by atoms with Crippen LogP contribution in [0.2, 0.25) is 10.2 Å². The molecule has 0 aliphatic carbocycles. The molecule has 5 heteroatoms. The molecule has 0 aliphatic heterocycles. The fourth-order valence-corrected chi connectivity index (χ4v) is 2.09. The van der Waals surface area contributed by atoms with Crippen molar-refractivity contribution in [2.24, 2.45) is 0 Å². The van der Waals surface area contributed by atoms with E-state index >= 15 is 0 Å². The van der Waals surface area contributed by atoms with Crippen molar-refractivity contribution in [3.05, 3.63) is 63.9 Å². The van der Waals surface area contributed by atoms with Gasteiger partial charge in [-0.3, -0.25) is 0 Å². The maximum atomic E-state index is 10.3. The van der Waals surface area contributed by atoms with Crippen LogP contribution in [0, 0.1) is 0 Å². The van der Waals surface area contributed by atoms with Crippen molar-refractivity contribution in [3.8, 4) is 0 Å². The number of nitrogens with one attached hydrogen (secondary N) is 1. The predicted molar refractivity (Wildman–Crippen MR) is 82.0 cm³/mol. The number of aromatic nitrogens is 1. The maximum absolute atomic E-state index is 10.3. The molecule has 106 valence electrons. The number of aliphatic hydroxyl groups excluding tert-OH is 1. The Morgan fingerprint density at radius 3 is 2.45 bits per heavy atom. The Balaban J connectivity index is 1.92. The summed E-state index contributed by atoms with van der Waals surface area (Å²) in [6.07, 6.45) is 1.13. The van der Waals surface area contributed by atoms with Crippen LogP contribution in [0.1, 0.15) is 24.2 Å². The lowest BCUT2D eigenvalue weighted by molar-refractivity contribution is 0.135. The van der Waals surface area contributed by atoms with E-state index in [1.165, 1.54) is 0 Å². The van der Waals surface area contributed by atoms with Gasteiger partial charge in [0.2, 0.25) is 0 Å². The molecule has 1 heterocycles. The minimum Gasteiger partial charge on any atom is -0.387 e. The van der Waals surface area contributed by atoms with Gasteiger partial charge in [0.05, 0.1) is 6.10 Å². The highest BCUT2D eigenvalue weighted by Gasteiger charge is 2.15. The van der Waals surface area contributed by atoms with Crippen LogP contribution in [-0.2, 0) is 6.54 Å². The summed E-state index contributed by atoms with van der Waals surface area (Å²) in [5, 5.41) is 14.7. The second kappa shape index (κ2) is 7.04. The molecule has 0 bridgehead atoms. The fourth-order valence-electron chi connectivity index (χ4n) is 1.85. The first kappa shape index (κ1) is 15.3. The standard InChI is InChI=1S/C15H16Cl2N2O/c1-10(15(20)12-3-5-13(16)6-4-12)18-8-11-2-7-14(17)19-9-11/h2-7,9-10,15,18,20H,8H2,1H3. The lowest BCUT2D eigenvalue weighted by Crippen LogP contribution is -2.31. The van der Waals surface area contributed by atoms with Crippen molar-refractivity contribution in [1.82, 2.24) is 10.3 Å². The second-order valence-corrected chi connectivity index (χ2v) is 5.48. The van der Waals surface area contributed by atoms with Gasteiger partial charge in [0.1, 0.15) is 5.15 Å². The molecule has 1 aromatic carbocycles. The summed E-state index contributed by atoms with van der Waals surface area (Å²) in [4.78, 5) is 4.02. The average molecular weight is 311 g/mol. The fraction of sp³-hybridized carbons (Fsp3) is 0.267. The molecule has 0 radical (unpaired) electrons. The van der Waals surface area contributed by atoms with Gasteiger partial charge in [0.25, 0.3) is 0 Å². The Labute approximate surface area is 128 Å². The van der Waals surface area contributed by atoms with E-state index in [4.69, 9.17) is 23.2 Å². The minimum atomic E-state index is -0.590. The summed E-state index contributed by atoms with van der Waals surface area (Å²) in [5.41, 5.74) is 1.85. The van der Waals surface area contributed by atoms with E-state index in [0.717, 1.165) is 11.1 Å². The van der Waals surface area contributed by atoms with E-state index in [0.29, 0.717) is 16.7 Å². The monoisotopic (exact) mass is 310 g/mol.